The van der Waals surface area contributed by atoms with Crippen molar-refractivity contribution in [2.45, 2.75) is 25.8 Å². The summed E-state index contributed by atoms with van der Waals surface area (Å²) < 4.78 is 14.7. The summed E-state index contributed by atoms with van der Waals surface area (Å²) in [6.07, 6.45) is 3.83. The summed E-state index contributed by atoms with van der Waals surface area (Å²) in [5.41, 5.74) is 1.58. The van der Waals surface area contributed by atoms with Gasteiger partial charge in [-0.1, -0.05) is 0 Å². The van der Waals surface area contributed by atoms with Gasteiger partial charge < -0.3 is 15.1 Å². The van der Waals surface area contributed by atoms with Crippen LogP contribution in [0.1, 0.15) is 34.3 Å². The molecule has 1 fully saturated rings. The average molecular weight is 426 g/mol. The largest absolute Gasteiger partial charge is 0.355 e. The fourth-order valence-electron chi connectivity index (χ4n) is 4.51. The van der Waals surface area contributed by atoms with E-state index in [2.05, 4.69) is 17.3 Å². The van der Waals surface area contributed by atoms with Crippen LogP contribution in [0.15, 0.2) is 35.3 Å². The molecule has 2 aromatic rings. The molecule has 4 rings (SSSR count). The van der Waals surface area contributed by atoms with Gasteiger partial charge in [-0.3, -0.25) is 19.0 Å². The predicted molar refractivity (Wildman–Crippen MR) is 115 cm³/mol. The number of benzene rings is 1. The standard InChI is InChI=1S/C23H27FN4O3/c1-25-21(29)20-19-9-12-27(22(30)15-7-10-26(2)11-8-15)13-16(19)14-28(23(20)31)18-5-3-17(24)4-6-18/h3-6,14-15H,7-13H2,1-2H3,(H,25,29). The number of aromatic nitrogens is 1. The fourth-order valence-corrected chi connectivity index (χ4v) is 4.51. The molecule has 0 saturated carbocycles. The summed E-state index contributed by atoms with van der Waals surface area (Å²) in [7, 11) is 3.55. The van der Waals surface area contributed by atoms with Crippen LogP contribution in [0, 0.1) is 11.7 Å². The molecule has 1 aromatic carbocycles. The molecule has 3 heterocycles. The summed E-state index contributed by atoms with van der Waals surface area (Å²) in [5, 5.41) is 2.55. The molecule has 0 unspecified atom stereocenters. The minimum Gasteiger partial charge on any atom is -0.355 e. The highest BCUT2D eigenvalue weighted by atomic mass is 19.1. The van der Waals surface area contributed by atoms with Crippen molar-refractivity contribution in [3.8, 4) is 5.69 Å². The molecule has 2 aliphatic rings. The number of hydrogen-bond donors (Lipinski definition) is 1. The van der Waals surface area contributed by atoms with Crippen molar-refractivity contribution >= 4 is 11.8 Å². The molecule has 7 nitrogen and oxygen atoms in total. The number of hydrogen-bond acceptors (Lipinski definition) is 4. The second-order valence-electron chi connectivity index (χ2n) is 8.33. The third-order valence-electron chi connectivity index (χ3n) is 6.34. The number of amides is 2. The van der Waals surface area contributed by atoms with Crippen LogP contribution in [-0.4, -0.2) is 59.9 Å². The lowest BCUT2D eigenvalue weighted by Gasteiger charge is -2.35. The Hall–Kier alpha value is -3.00. The normalized spacial score (nSPS) is 17.3. The molecule has 2 amide bonds. The van der Waals surface area contributed by atoms with Gasteiger partial charge in [-0.25, -0.2) is 4.39 Å². The molecule has 0 radical (unpaired) electrons. The van der Waals surface area contributed by atoms with Gasteiger partial charge in [-0.15, -0.1) is 0 Å². The number of nitrogens with zero attached hydrogens (tertiary/aromatic N) is 3. The number of carbonyl (C=O) groups is 2. The molecular formula is C23H27FN4O3. The highest BCUT2D eigenvalue weighted by molar-refractivity contribution is 5.95. The molecule has 31 heavy (non-hydrogen) atoms. The van der Waals surface area contributed by atoms with E-state index in [1.54, 1.807) is 6.20 Å². The van der Waals surface area contributed by atoms with Crippen LogP contribution < -0.4 is 10.9 Å². The molecule has 0 aliphatic carbocycles. The fraction of sp³-hybridized carbons (Fsp3) is 0.435. The Bertz CT molecular complexity index is 1060. The van der Waals surface area contributed by atoms with Crippen LogP contribution in [0.5, 0.6) is 0 Å². The SMILES string of the molecule is CNC(=O)c1c2c(cn(-c3ccc(F)cc3)c1=O)CN(C(=O)C1CCN(C)CC1)CC2. The zero-order valence-electron chi connectivity index (χ0n) is 17.9. The van der Waals surface area contributed by atoms with E-state index < -0.39 is 17.3 Å². The molecule has 1 aromatic heterocycles. The average Bonchev–Trinajstić information content (AvgIpc) is 2.78. The third-order valence-corrected chi connectivity index (χ3v) is 6.34. The van der Waals surface area contributed by atoms with E-state index in [9.17, 15) is 18.8 Å². The van der Waals surface area contributed by atoms with Crippen LogP contribution in [0.3, 0.4) is 0 Å². The smallest absolute Gasteiger partial charge is 0.268 e. The molecule has 1 N–H and O–H groups in total. The van der Waals surface area contributed by atoms with Gasteiger partial charge in [-0.05, 0) is 74.8 Å². The van der Waals surface area contributed by atoms with Crippen LogP contribution in [0.2, 0.25) is 0 Å². The van der Waals surface area contributed by atoms with Gasteiger partial charge in [0.15, 0.2) is 0 Å². The summed E-state index contributed by atoms with van der Waals surface area (Å²) >= 11 is 0. The van der Waals surface area contributed by atoms with Crippen molar-refractivity contribution < 1.29 is 14.0 Å². The zero-order valence-corrected chi connectivity index (χ0v) is 17.9. The minimum atomic E-state index is -0.451. The van der Waals surface area contributed by atoms with Crippen LogP contribution in [0.25, 0.3) is 5.69 Å². The summed E-state index contributed by atoms with van der Waals surface area (Å²) in [6, 6.07) is 5.55. The minimum absolute atomic E-state index is 0.0131. The van der Waals surface area contributed by atoms with Gasteiger partial charge in [0.2, 0.25) is 5.91 Å². The highest BCUT2D eigenvalue weighted by Crippen LogP contribution is 2.26. The quantitative estimate of drug-likeness (QED) is 0.809. The maximum atomic E-state index is 13.4. The first kappa shape index (κ1) is 21.2. The number of nitrogens with one attached hydrogen (secondary N) is 1. The molecule has 0 bridgehead atoms. The Morgan fingerprint density at radius 1 is 1.10 bits per heavy atom. The Labute approximate surface area is 180 Å². The third kappa shape index (κ3) is 4.12. The van der Waals surface area contributed by atoms with Gasteiger partial charge in [0, 0.05) is 37.9 Å². The number of likely N-dealkylation sites (tertiary alicyclic amines) is 1. The van der Waals surface area contributed by atoms with E-state index in [-0.39, 0.29) is 17.4 Å². The Morgan fingerprint density at radius 2 is 1.77 bits per heavy atom. The first-order valence-electron chi connectivity index (χ1n) is 10.6. The van der Waals surface area contributed by atoms with Gasteiger partial charge in [0.1, 0.15) is 11.4 Å². The molecule has 0 spiro atoms. The number of fused-ring (bicyclic) bond motifs is 1. The van der Waals surface area contributed by atoms with E-state index in [0.29, 0.717) is 30.8 Å². The maximum absolute atomic E-state index is 13.4. The molecule has 1 saturated heterocycles. The van der Waals surface area contributed by atoms with Gasteiger partial charge >= 0.3 is 0 Å². The Kier molecular flexibility index (Phi) is 5.91. The molecule has 8 heteroatoms. The van der Waals surface area contributed by atoms with Gasteiger partial charge in [0.05, 0.1) is 0 Å². The number of pyridine rings is 1. The lowest BCUT2D eigenvalue weighted by Crippen LogP contribution is -2.45. The second-order valence-corrected chi connectivity index (χ2v) is 8.33. The van der Waals surface area contributed by atoms with Gasteiger partial charge in [0.25, 0.3) is 11.5 Å². The van der Waals surface area contributed by atoms with Crippen molar-refractivity contribution in [1.29, 1.82) is 0 Å². The van der Waals surface area contributed by atoms with E-state index in [1.807, 2.05) is 4.90 Å². The lowest BCUT2D eigenvalue weighted by atomic mass is 9.92. The van der Waals surface area contributed by atoms with E-state index in [0.717, 1.165) is 31.5 Å². The maximum Gasteiger partial charge on any atom is 0.268 e. The molecular weight excluding hydrogens is 399 g/mol. The van der Waals surface area contributed by atoms with Crippen molar-refractivity contribution in [2.24, 2.45) is 5.92 Å². The summed E-state index contributed by atoms with van der Waals surface area (Å²) in [6.45, 7) is 2.66. The number of carbonyl (C=O) groups excluding carboxylic acids is 2. The topological polar surface area (TPSA) is 74.6 Å². The van der Waals surface area contributed by atoms with Gasteiger partial charge in [-0.2, -0.15) is 0 Å². The van der Waals surface area contributed by atoms with E-state index >= 15 is 0 Å². The van der Waals surface area contributed by atoms with E-state index in [4.69, 9.17) is 0 Å². The number of piperidine rings is 1. The number of halogens is 1. The Morgan fingerprint density at radius 3 is 2.42 bits per heavy atom. The van der Waals surface area contributed by atoms with Crippen LogP contribution in [-0.2, 0) is 17.8 Å². The monoisotopic (exact) mass is 426 g/mol. The first-order valence-corrected chi connectivity index (χ1v) is 10.6. The molecule has 2 aliphatic heterocycles. The van der Waals surface area contributed by atoms with Crippen molar-refractivity contribution in [1.82, 2.24) is 19.7 Å². The molecule has 0 atom stereocenters. The summed E-state index contributed by atoms with van der Waals surface area (Å²) in [5.74, 6) is -0.706. The number of rotatable bonds is 3. The van der Waals surface area contributed by atoms with Crippen molar-refractivity contribution in [3.63, 3.8) is 0 Å². The summed E-state index contributed by atoms with van der Waals surface area (Å²) in [4.78, 5) is 42.9. The Balaban J connectivity index is 1.71. The zero-order chi connectivity index (χ0) is 22.1. The van der Waals surface area contributed by atoms with Crippen molar-refractivity contribution in [2.75, 3.05) is 33.7 Å². The lowest BCUT2D eigenvalue weighted by molar-refractivity contribution is -0.137. The van der Waals surface area contributed by atoms with Crippen molar-refractivity contribution in [3.05, 3.63) is 63.3 Å². The van der Waals surface area contributed by atoms with Crippen LogP contribution >= 0.6 is 0 Å². The predicted octanol–water partition coefficient (Wildman–Crippen LogP) is 1.56. The highest BCUT2D eigenvalue weighted by Gasteiger charge is 2.32. The first-order chi connectivity index (χ1) is 14.9. The molecule has 164 valence electrons. The van der Waals surface area contributed by atoms with Crippen LogP contribution in [0.4, 0.5) is 4.39 Å². The van der Waals surface area contributed by atoms with E-state index in [1.165, 1.54) is 35.9 Å². The second kappa shape index (κ2) is 8.63.